The molecule has 3 rings (SSSR count). The Morgan fingerprint density at radius 3 is 2.58 bits per heavy atom. The van der Waals surface area contributed by atoms with E-state index in [2.05, 4.69) is 14.4 Å². The van der Waals surface area contributed by atoms with Gasteiger partial charge in [-0.15, -0.1) is 0 Å². The Bertz CT molecular complexity index is 801. The first-order valence-corrected chi connectivity index (χ1v) is 8.11. The van der Waals surface area contributed by atoms with Crippen molar-refractivity contribution in [1.82, 2.24) is 4.37 Å². The molecule has 6 heteroatoms. The third-order valence-corrected chi connectivity index (χ3v) is 4.02. The maximum absolute atomic E-state index is 11.2. The number of benzene rings is 2. The number of ether oxygens (including phenoxy) is 2. The van der Waals surface area contributed by atoms with Crippen molar-refractivity contribution in [3.63, 3.8) is 0 Å². The first-order chi connectivity index (χ1) is 11.7. The molecule has 0 spiro atoms. The number of nitrogens with one attached hydrogen (secondary N) is 1. The molecule has 0 saturated carbocycles. The highest BCUT2D eigenvalue weighted by atomic mass is 32.1. The van der Waals surface area contributed by atoms with E-state index < -0.39 is 6.09 Å². The Hall–Kier alpha value is -2.86. The summed E-state index contributed by atoms with van der Waals surface area (Å²) < 4.78 is 14.7. The summed E-state index contributed by atoms with van der Waals surface area (Å²) >= 11 is 1.21. The van der Waals surface area contributed by atoms with Crippen molar-refractivity contribution < 1.29 is 14.3 Å². The number of rotatable bonds is 5. The standard InChI is InChI=1S/C18H16N2O3S/c1-22-18(21)19-17-11-16(20-24-17)14-7-9-15(10-8-14)23-12-13-5-3-2-4-6-13/h2-11H,12H2,1H3,(H,19,21). The topological polar surface area (TPSA) is 60.5 Å². The van der Waals surface area contributed by atoms with E-state index in [1.807, 2.05) is 54.6 Å². The minimum Gasteiger partial charge on any atom is -0.489 e. The molecule has 0 aliphatic carbocycles. The van der Waals surface area contributed by atoms with E-state index in [1.54, 1.807) is 6.07 Å². The molecule has 3 aromatic rings. The van der Waals surface area contributed by atoms with Gasteiger partial charge in [-0.05, 0) is 41.4 Å². The Morgan fingerprint density at radius 2 is 1.88 bits per heavy atom. The summed E-state index contributed by atoms with van der Waals surface area (Å²) in [4.78, 5) is 11.2. The number of methoxy groups -OCH3 is 1. The van der Waals surface area contributed by atoms with Crippen LogP contribution in [0.2, 0.25) is 0 Å². The van der Waals surface area contributed by atoms with Crippen LogP contribution in [0.5, 0.6) is 5.75 Å². The number of carbonyl (C=O) groups is 1. The van der Waals surface area contributed by atoms with Crippen LogP contribution < -0.4 is 10.1 Å². The SMILES string of the molecule is COC(=O)Nc1cc(-c2ccc(OCc3ccccc3)cc2)ns1. The lowest BCUT2D eigenvalue weighted by atomic mass is 10.1. The number of aromatic nitrogens is 1. The Labute approximate surface area is 144 Å². The molecule has 122 valence electrons. The van der Waals surface area contributed by atoms with Gasteiger partial charge in [0.25, 0.3) is 0 Å². The van der Waals surface area contributed by atoms with Gasteiger partial charge in [0.15, 0.2) is 0 Å². The van der Waals surface area contributed by atoms with Gasteiger partial charge in [0.1, 0.15) is 17.4 Å². The van der Waals surface area contributed by atoms with Crippen LogP contribution in [0.15, 0.2) is 60.7 Å². The summed E-state index contributed by atoms with van der Waals surface area (Å²) in [5.74, 6) is 0.797. The molecule has 1 heterocycles. The molecule has 0 unspecified atom stereocenters. The first-order valence-electron chi connectivity index (χ1n) is 7.33. The Balaban J connectivity index is 1.63. The van der Waals surface area contributed by atoms with E-state index in [1.165, 1.54) is 18.6 Å². The van der Waals surface area contributed by atoms with Crippen LogP contribution in [-0.4, -0.2) is 17.6 Å². The van der Waals surface area contributed by atoms with Gasteiger partial charge < -0.3 is 9.47 Å². The molecular weight excluding hydrogens is 324 g/mol. The maximum atomic E-state index is 11.2. The zero-order valence-electron chi connectivity index (χ0n) is 13.1. The van der Waals surface area contributed by atoms with Crippen LogP contribution >= 0.6 is 11.5 Å². The van der Waals surface area contributed by atoms with Crippen LogP contribution in [0.3, 0.4) is 0 Å². The number of hydrogen-bond donors (Lipinski definition) is 1. The van der Waals surface area contributed by atoms with E-state index in [4.69, 9.17) is 4.74 Å². The van der Waals surface area contributed by atoms with Gasteiger partial charge in [-0.1, -0.05) is 30.3 Å². The molecule has 0 radical (unpaired) electrons. The third kappa shape index (κ3) is 4.11. The van der Waals surface area contributed by atoms with Gasteiger partial charge in [0, 0.05) is 11.6 Å². The zero-order chi connectivity index (χ0) is 16.8. The Morgan fingerprint density at radius 1 is 1.12 bits per heavy atom. The van der Waals surface area contributed by atoms with Crippen molar-refractivity contribution >= 4 is 22.6 Å². The molecule has 1 aromatic heterocycles. The van der Waals surface area contributed by atoms with Gasteiger partial charge >= 0.3 is 6.09 Å². The molecular formula is C18H16N2O3S. The highest BCUT2D eigenvalue weighted by Crippen LogP contribution is 2.27. The molecule has 1 N–H and O–H groups in total. The second kappa shape index (κ2) is 7.61. The van der Waals surface area contributed by atoms with Crippen molar-refractivity contribution in [2.45, 2.75) is 6.61 Å². The van der Waals surface area contributed by atoms with Gasteiger partial charge in [-0.3, -0.25) is 5.32 Å². The predicted molar refractivity (Wildman–Crippen MR) is 94.4 cm³/mol. The van der Waals surface area contributed by atoms with E-state index in [0.717, 1.165) is 22.6 Å². The third-order valence-electron chi connectivity index (χ3n) is 3.32. The molecule has 1 amide bonds. The van der Waals surface area contributed by atoms with E-state index >= 15 is 0 Å². The monoisotopic (exact) mass is 340 g/mol. The average molecular weight is 340 g/mol. The summed E-state index contributed by atoms with van der Waals surface area (Å²) in [5.41, 5.74) is 2.87. The summed E-state index contributed by atoms with van der Waals surface area (Å²) in [6.07, 6.45) is -0.505. The summed E-state index contributed by atoms with van der Waals surface area (Å²) in [6.45, 7) is 0.532. The second-order valence-electron chi connectivity index (χ2n) is 4.99. The highest BCUT2D eigenvalue weighted by molar-refractivity contribution is 7.10. The quantitative estimate of drug-likeness (QED) is 0.739. The molecule has 0 fully saturated rings. The molecule has 0 aliphatic heterocycles. The van der Waals surface area contributed by atoms with Crippen LogP contribution in [0.4, 0.5) is 9.80 Å². The van der Waals surface area contributed by atoms with Crippen LogP contribution in [0.1, 0.15) is 5.56 Å². The lowest BCUT2D eigenvalue weighted by Crippen LogP contribution is -2.09. The summed E-state index contributed by atoms with van der Waals surface area (Å²) in [5, 5.41) is 3.24. The fraction of sp³-hybridized carbons (Fsp3) is 0.111. The fourth-order valence-corrected chi connectivity index (χ4v) is 2.73. The normalized spacial score (nSPS) is 10.2. The zero-order valence-corrected chi connectivity index (χ0v) is 13.9. The lowest BCUT2D eigenvalue weighted by molar-refractivity contribution is 0.187. The molecule has 0 saturated heterocycles. The van der Waals surface area contributed by atoms with Gasteiger partial charge in [-0.25, -0.2) is 4.79 Å². The van der Waals surface area contributed by atoms with Gasteiger partial charge in [0.05, 0.1) is 12.8 Å². The van der Waals surface area contributed by atoms with Gasteiger partial charge in [0.2, 0.25) is 0 Å². The second-order valence-corrected chi connectivity index (χ2v) is 5.80. The number of hydrogen-bond acceptors (Lipinski definition) is 5. The largest absolute Gasteiger partial charge is 0.489 e. The molecule has 24 heavy (non-hydrogen) atoms. The summed E-state index contributed by atoms with van der Waals surface area (Å²) in [6, 6.07) is 19.5. The smallest absolute Gasteiger partial charge is 0.412 e. The number of amides is 1. The first kappa shape index (κ1) is 16.0. The minimum absolute atomic E-state index is 0.505. The van der Waals surface area contributed by atoms with E-state index in [0.29, 0.717) is 11.6 Å². The van der Waals surface area contributed by atoms with Crippen molar-refractivity contribution in [2.24, 2.45) is 0 Å². The molecule has 0 atom stereocenters. The number of anilines is 1. The minimum atomic E-state index is -0.505. The molecule has 0 bridgehead atoms. The maximum Gasteiger partial charge on any atom is 0.412 e. The van der Waals surface area contributed by atoms with Crippen molar-refractivity contribution in [2.75, 3.05) is 12.4 Å². The fourth-order valence-electron chi connectivity index (χ4n) is 2.08. The van der Waals surface area contributed by atoms with Crippen molar-refractivity contribution in [3.05, 3.63) is 66.2 Å². The predicted octanol–water partition coefficient (Wildman–Crippen LogP) is 4.57. The van der Waals surface area contributed by atoms with E-state index in [-0.39, 0.29) is 0 Å². The summed E-state index contributed by atoms with van der Waals surface area (Å²) in [7, 11) is 1.32. The molecule has 2 aromatic carbocycles. The van der Waals surface area contributed by atoms with Crippen LogP contribution in [0, 0.1) is 0 Å². The van der Waals surface area contributed by atoms with Crippen molar-refractivity contribution in [1.29, 1.82) is 0 Å². The van der Waals surface area contributed by atoms with E-state index in [9.17, 15) is 4.79 Å². The number of nitrogens with zero attached hydrogens (tertiary/aromatic N) is 1. The number of carbonyl (C=O) groups excluding carboxylic acids is 1. The van der Waals surface area contributed by atoms with Crippen LogP contribution in [-0.2, 0) is 11.3 Å². The lowest BCUT2D eigenvalue weighted by Gasteiger charge is -2.06. The van der Waals surface area contributed by atoms with Crippen molar-refractivity contribution in [3.8, 4) is 17.0 Å². The Kier molecular flexibility index (Phi) is 5.08. The molecule has 0 aliphatic rings. The van der Waals surface area contributed by atoms with Gasteiger partial charge in [-0.2, -0.15) is 4.37 Å². The highest BCUT2D eigenvalue weighted by Gasteiger charge is 2.08. The van der Waals surface area contributed by atoms with Crippen LogP contribution in [0.25, 0.3) is 11.3 Å². The average Bonchev–Trinajstić information content (AvgIpc) is 3.09. The molecule has 5 nitrogen and oxygen atoms in total.